The molecule has 4 N–H and O–H groups in total. The predicted octanol–water partition coefficient (Wildman–Crippen LogP) is 1.68. The lowest BCUT2D eigenvalue weighted by Gasteiger charge is -2.19. The van der Waals surface area contributed by atoms with Gasteiger partial charge in [-0.05, 0) is 35.9 Å². The van der Waals surface area contributed by atoms with E-state index in [1.165, 1.54) is 0 Å². The van der Waals surface area contributed by atoms with Crippen molar-refractivity contribution >= 4 is 32.4 Å². The predicted molar refractivity (Wildman–Crippen MR) is 105 cm³/mol. The summed E-state index contributed by atoms with van der Waals surface area (Å²) >= 11 is 0. The van der Waals surface area contributed by atoms with Crippen LogP contribution in [0.3, 0.4) is 0 Å². The summed E-state index contributed by atoms with van der Waals surface area (Å²) in [5.41, 5.74) is 1.97. The Morgan fingerprint density at radius 2 is 1.96 bits per heavy atom. The number of hydrogen-bond acceptors (Lipinski definition) is 7. The topological polar surface area (TPSA) is 126 Å². The van der Waals surface area contributed by atoms with E-state index in [1.54, 1.807) is 18.2 Å². The fraction of sp³-hybridized carbons (Fsp3) is 0.278. The fourth-order valence-electron chi connectivity index (χ4n) is 3.05. The third-order valence-electron chi connectivity index (χ3n) is 4.21. The SMILES string of the molecule is CS(=O)(=O)Nc1ccc2c(NC(O)Cc3ccc4c(c3)OCCO4)n[nH]c2c1. The van der Waals surface area contributed by atoms with E-state index in [9.17, 15) is 13.5 Å². The highest BCUT2D eigenvalue weighted by Gasteiger charge is 2.15. The van der Waals surface area contributed by atoms with E-state index in [4.69, 9.17) is 9.47 Å². The summed E-state index contributed by atoms with van der Waals surface area (Å²) in [6.45, 7) is 1.04. The summed E-state index contributed by atoms with van der Waals surface area (Å²) in [4.78, 5) is 0. The van der Waals surface area contributed by atoms with E-state index in [2.05, 4.69) is 20.2 Å². The van der Waals surface area contributed by atoms with Crippen molar-refractivity contribution in [3.8, 4) is 11.5 Å². The Hall–Kier alpha value is -2.98. The molecule has 10 heteroatoms. The van der Waals surface area contributed by atoms with E-state index >= 15 is 0 Å². The molecule has 0 fully saturated rings. The lowest BCUT2D eigenvalue weighted by molar-refractivity contribution is 0.170. The third kappa shape index (κ3) is 4.12. The lowest BCUT2D eigenvalue weighted by Crippen LogP contribution is -2.22. The molecule has 0 spiro atoms. The van der Waals surface area contributed by atoms with Crippen molar-refractivity contribution in [2.24, 2.45) is 0 Å². The Kier molecular flexibility index (Phi) is 4.73. The molecule has 1 aliphatic heterocycles. The highest BCUT2D eigenvalue weighted by Crippen LogP contribution is 2.31. The largest absolute Gasteiger partial charge is 0.486 e. The van der Waals surface area contributed by atoms with Crippen molar-refractivity contribution in [2.75, 3.05) is 29.5 Å². The number of aromatic nitrogens is 2. The van der Waals surface area contributed by atoms with Crippen LogP contribution in [0.2, 0.25) is 0 Å². The van der Waals surface area contributed by atoms with Crippen molar-refractivity contribution in [1.82, 2.24) is 10.2 Å². The van der Waals surface area contributed by atoms with Crippen LogP contribution < -0.4 is 19.5 Å². The Balaban J connectivity index is 1.47. The summed E-state index contributed by atoms with van der Waals surface area (Å²) in [7, 11) is -3.36. The first-order valence-corrected chi connectivity index (χ1v) is 10.6. The van der Waals surface area contributed by atoms with Crippen LogP contribution in [0, 0.1) is 0 Å². The molecule has 9 nitrogen and oxygen atoms in total. The molecule has 1 aromatic heterocycles. The minimum Gasteiger partial charge on any atom is -0.486 e. The van der Waals surface area contributed by atoms with Crippen molar-refractivity contribution in [3.63, 3.8) is 0 Å². The van der Waals surface area contributed by atoms with Crippen LogP contribution in [-0.4, -0.2) is 49.4 Å². The number of ether oxygens (including phenoxy) is 2. The second-order valence-electron chi connectivity index (χ2n) is 6.55. The Morgan fingerprint density at radius 3 is 2.75 bits per heavy atom. The highest BCUT2D eigenvalue weighted by molar-refractivity contribution is 7.92. The van der Waals surface area contributed by atoms with E-state index < -0.39 is 16.3 Å². The Labute approximate surface area is 161 Å². The molecule has 0 saturated carbocycles. The van der Waals surface area contributed by atoms with Crippen LogP contribution in [0.15, 0.2) is 36.4 Å². The van der Waals surface area contributed by atoms with Crippen LogP contribution in [0.4, 0.5) is 11.5 Å². The second-order valence-corrected chi connectivity index (χ2v) is 8.30. The number of aliphatic hydroxyl groups is 1. The van der Waals surface area contributed by atoms with Crippen LogP contribution in [0.25, 0.3) is 10.9 Å². The maximum atomic E-state index is 11.4. The smallest absolute Gasteiger partial charge is 0.229 e. The summed E-state index contributed by atoms with van der Waals surface area (Å²) in [5.74, 6) is 1.85. The van der Waals surface area contributed by atoms with Gasteiger partial charge in [-0.2, -0.15) is 5.10 Å². The van der Waals surface area contributed by atoms with Gasteiger partial charge in [-0.1, -0.05) is 6.07 Å². The molecule has 2 aromatic carbocycles. The van der Waals surface area contributed by atoms with Crippen LogP contribution in [0.5, 0.6) is 11.5 Å². The zero-order valence-corrected chi connectivity index (χ0v) is 15.9. The van der Waals surface area contributed by atoms with Gasteiger partial charge in [0, 0.05) is 11.8 Å². The first-order chi connectivity index (χ1) is 13.4. The average Bonchev–Trinajstić information content (AvgIpc) is 3.02. The lowest BCUT2D eigenvalue weighted by atomic mass is 10.1. The van der Waals surface area contributed by atoms with Crippen molar-refractivity contribution < 1.29 is 23.0 Å². The minimum atomic E-state index is -3.36. The van der Waals surface area contributed by atoms with Gasteiger partial charge in [-0.3, -0.25) is 9.82 Å². The minimum absolute atomic E-state index is 0.346. The number of nitrogens with one attached hydrogen (secondary N) is 3. The van der Waals surface area contributed by atoms with E-state index in [-0.39, 0.29) is 0 Å². The van der Waals surface area contributed by atoms with E-state index in [0.29, 0.717) is 48.2 Å². The molecule has 4 rings (SSSR count). The molecule has 0 amide bonds. The number of hydrogen-bond donors (Lipinski definition) is 4. The number of H-pyrrole nitrogens is 1. The number of rotatable bonds is 6. The molecule has 0 saturated heterocycles. The molecular weight excluding hydrogens is 384 g/mol. The first kappa shape index (κ1) is 18.4. The molecule has 2 heterocycles. The number of anilines is 2. The van der Waals surface area contributed by atoms with Crippen LogP contribution in [0.1, 0.15) is 5.56 Å². The highest BCUT2D eigenvalue weighted by atomic mass is 32.2. The van der Waals surface area contributed by atoms with Gasteiger partial charge in [0.2, 0.25) is 10.0 Å². The zero-order chi connectivity index (χ0) is 19.7. The normalized spacial score (nSPS) is 14.6. The van der Waals surface area contributed by atoms with Crippen LogP contribution in [-0.2, 0) is 16.4 Å². The van der Waals surface area contributed by atoms with Crippen molar-refractivity contribution in [3.05, 3.63) is 42.0 Å². The van der Waals surface area contributed by atoms with Gasteiger partial charge >= 0.3 is 0 Å². The zero-order valence-electron chi connectivity index (χ0n) is 15.1. The molecule has 0 bridgehead atoms. The Bertz CT molecular complexity index is 1110. The van der Waals surface area contributed by atoms with Gasteiger partial charge in [0.05, 0.1) is 17.5 Å². The number of benzene rings is 2. The average molecular weight is 404 g/mol. The summed E-state index contributed by atoms with van der Waals surface area (Å²) < 4.78 is 36.2. The van der Waals surface area contributed by atoms with Crippen molar-refractivity contribution in [2.45, 2.75) is 12.6 Å². The second kappa shape index (κ2) is 7.21. The number of nitrogens with zero attached hydrogens (tertiary/aromatic N) is 1. The van der Waals surface area contributed by atoms with E-state index in [1.807, 2.05) is 18.2 Å². The van der Waals surface area contributed by atoms with Gasteiger partial charge < -0.3 is 19.9 Å². The fourth-order valence-corrected chi connectivity index (χ4v) is 3.61. The quantitative estimate of drug-likeness (QED) is 0.461. The summed E-state index contributed by atoms with van der Waals surface area (Å²) in [6.07, 6.45) is 0.562. The maximum absolute atomic E-state index is 11.4. The van der Waals surface area contributed by atoms with Crippen molar-refractivity contribution in [1.29, 1.82) is 0 Å². The molecule has 1 aliphatic rings. The summed E-state index contributed by atoms with van der Waals surface area (Å²) in [5, 5.41) is 21.1. The molecule has 148 valence electrons. The van der Waals surface area contributed by atoms with Gasteiger partial charge in [0.25, 0.3) is 0 Å². The monoisotopic (exact) mass is 404 g/mol. The Morgan fingerprint density at radius 1 is 1.18 bits per heavy atom. The molecule has 1 unspecified atom stereocenters. The molecule has 3 aromatic rings. The van der Waals surface area contributed by atoms with Gasteiger partial charge in [0.1, 0.15) is 19.4 Å². The molecular formula is C18H20N4O5S. The summed E-state index contributed by atoms with van der Waals surface area (Å²) in [6, 6.07) is 10.6. The number of sulfonamides is 1. The van der Waals surface area contributed by atoms with Crippen LogP contribution >= 0.6 is 0 Å². The molecule has 28 heavy (non-hydrogen) atoms. The van der Waals surface area contributed by atoms with Gasteiger partial charge in [-0.25, -0.2) is 8.42 Å². The molecule has 0 aliphatic carbocycles. The number of aromatic amines is 1. The number of fused-ring (bicyclic) bond motifs is 2. The first-order valence-electron chi connectivity index (χ1n) is 8.66. The maximum Gasteiger partial charge on any atom is 0.229 e. The molecule has 0 radical (unpaired) electrons. The van der Waals surface area contributed by atoms with Gasteiger partial charge in [0.15, 0.2) is 17.3 Å². The van der Waals surface area contributed by atoms with Gasteiger partial charge in [-0.15, -0.1) is 0 Å². The number of aliphatic hydroxyl groups excluding tert-OH is 1. The molecule has 1 atom stereocenters. The van der Waals surface area contributed by atoms with E-state index in [0.717, 1.165) is 17.2 Å². The third-order valence-corrected chi connectivity index (χ3v) is 4.81. The standard InChI is InChI=1S/C18H20N4O5S/c1-28(24,25)22-12-3-4-13-14(10-12)20-21-18(13)19-17(23)9-11-2-5-15-16(8-11)27-7-6-26-15/h2-5,8,10,17,22-23H,6-7,9H2,1H3,(H2,19,20,21).